The number of unbranched alkanes of at least 4 members (excludes halogenated alkanes) is 12. The maximum absolute atomic E-state index is 2.47. The van der Waals surface area contributed by atoms with E-state index in [0.717, 1.165) is 0 Å². The molecule has 0 bridgehead atoms. The summed E-state index contributed by atoms with van der Waals surface area (Å²) in [5.41, 5.74) is 0. The van der Waals surface area contributed by atoms with Crippen molar-refractivity contribution in [2.45, 2.75) is 130 Å². The Hall–Kier alpha value is -0.597. The maximum atomic E-state index is 2.47. The quantitative estimate of drug-likeness (QED) is 0.0431. The van der Waals surface area contributed by atoms with Crippen molar-refractivity contribution >= 4 is 48.0 Å². The normalized spacial score (nSPS) is 11.3. The number of hydrogen-bond donors (Lipinski definition) is 0. The average Bonchev–Trinajstić information content (AvgIpc) is 3.68. The zero-order chi connectivity index (χ0) is 31.2. The van der Waals surface area contributed by atoms with E-state index in [1.165, 1.54) is 149 Å². The molecule has 45 heavy (non-hydrogen) atoms. The van der Waals surface area contributed by atoms with Crippen LogP contribution in [0.4, 0.5) is 0 Å². The van der Waals surface area contributed by atoms with Gasteiger partial charge in [-0.15, -0.1) is 80.7 Å². The number of hydrogen-bond acceptors (Lipinski definition) is 0. The van der Waals surface area contributed by atoms with Crippen molar-refractivity contribution < 1.29 is 26.2 Å². The summed E-state index contributed by atoms with van der Waals surface area (Å²) in [6.07, 6.45) is 28.1. The summed E-state index contributed by atoms with van der Waals surface area (Å²) in [6, 6.07) is 27.6. The van der Waals surface area contributed by atoms with Crippen molar-refractivity contribution in [2.24, 2.45) is 0 Å². The molecule has 0 aliphatic rings. The average molecular weight is 722 g/mol. The Morgan fingerprint density at radius 3 is 1.02 bits per heavy atom. The Balaban J connectivity index is 0.000000307. The van der Waals surface area contributed by atoms with Crippen molar-refractivity contribution in [2.75, 3.05) is 24.6 Å². The van der Waals surface area contributed by atoms with Crippen LogP contribution < -0.4 is 10.6 Å². The molecule has 0 saturated carbocycles. The van der Waals surface area contributed by atoms with E-state index in [1.54, 1.807) is 10.6 Å². The molecule has 3 heteroatoms. The summed E-state index contributed by atoms with van der Waals surface area (Å²) in [6.45, 7) is 9.21. The van der Waals surface area contributed by atoms with Crippen LogP contribution in [0.25, 0.3) is 21.5 Å². The monoisotopic (exact) mass is 720 g/mol. The van der Waals surface area contributed by atoms with Crippen molar-refractivity contribution in [1.29, 1.82) is 0 Å². The smallest absolute Gasteiger partial charge is 0.161 e. The number of benzene rings is 2. The molecular formula is C42H64P2Zr. The van der Waals surface area contributed by atoms with Crippen LogP contribution in [-0.2, 0) is 26.2 Å². The summed E-state index contributed by atoms with van der Waals surface area (Å²) in [7, 11) is 0.128. The molecule has 246 valence electrons. The molecule has 0 aromatic heterocycles. The molecule has 0 heterocycles. The molecule has 0 amide bonds. The Bertz CT molecular complexity index is 1070. The molecule has 0 nitrogen and oxygen atoms in total. The second-order valence-corrected chi connectivity index (χ2v) is 17.9. The Labute approximate surface area is 300 Å². The van der Waals surface area contributed by atoms with E-state index >= 15 is 0 Å². The van der Waals surface area contributed by atoms with Gasteiger partial charge in [-0.25, -0.2) is 0 Å². The SMILES string of the molecule is CCCCCCP(CCCCCC)c1cc2ccccc2[cH-]1.CCCCCCP(CCCCCC)c1cc2ccccc2[cH-]1.[Zr+2]. The molecule has 4 rings (SSSR count). The van der Waals surface area contributed by atoms with Crippen LogP contribution in [0.1, 0.15) is 130 Å². The van der Waals surface area contributed by atoms with E-state index in [-0.39, 0.29) is 42.0 Å². The predicted molar refractivity (Wildman–Crippen MR) is 208 cm³/mol. The third-order valence-corrected chi connectivity index (χ3v) is 14.5. The molecule has 0 radical (unpaired) electrons. The predicted octanol–water partition coefficient (Wildman–Crippen LogP) is 13.7. The van der Waals surface area contributed by atoms with Gasteiger partial charge in [0.1, 0.15) is 0 Å². The summed E-state index contributed by atoms with van der Waals surface area (Å²) in [4.78, 5) is 0. The topological polar surface area (TPSA) is 0 Å². The fourth-order valence-electron chi connectivity index (χ4n) is 6.29. The van der Waals surface area contributed by atoms with Gasteiger partial charge in [0.15, 0.2) is 0 Å². The van der Waals surface area contributed by atoms with Crippen LogP contribution in [0.2, 0.25) is 0 Å². The van der Waals surface area contributed by atoms with Crippen LogP contribution in [-0.4, -0.2) is 24.6 Å². The molecule has 0 spiro atoms. The first-order chi connectivity index (χ1) is 21.7. The second kappa shape index (κ2) is 25.4. The van der Waals surface area contributed by atoms with Gasteiger partial charge in [0.25, 0.3) is 0 Å². The molecule has 0 aliphatic heterocycles. The number of rotatable bonds is 22. The van der Waals surface area contributed by atoms with Gasteiger partial charge in [0, 0.05) is 0 Å². The van der Waals surface area contributed by atoms with E-state index in [0.29, 0.717) is 0 Å². The number of fused-ring (bicyclic) bond motifs is 2. The van der Waals surface area contributed by atoms with E-state index in [1.807, 2.05) is 0 Å². The van der Waals surface area contributed by atoms with Gasteiger partial charge in [-0.05, 0) is 50.3 Å². The van der Waals surface area contributed by atoms with Gasteiger partial charge in [-0.3, -0.25) is 0 Å². The first-order valence-corrected chi connectivity index (χ1v) is 21.9. The summed E-state index contributed by atoms with van der Waals surface area (Å²) >= 11 is 0. The molecule has 0 N–H and O–H groups in total. The van der Waals surface area contributed by atoms with Crippen molar-refractivity contribution in [3.05, 3.63) is 72.8 Å². The van der Waals surface area contributed by atoms with Gasteiger partial charge in [0.2, 0.25) is 0 Å². The molecule has 4 aromatic rings. The zero-order valence-corrected chi connectivity index (χ0v) is 33.7. The van der Waals surface area contributed by atoms with Crippen molar-refractivity contribution in [3.63, 3.8) is 0 Å². The van der Waals surface area contributed by atoms with Gasteiger partial charge in [-0.1, -0.05) is 133 Å². The Morgan fingerprint density at radius 1 is 0.422 bits per heavy atom. The Morgan fingerprint density at radius 2 is 0.733 bits per heavy atom. The van der Waals surface area contributed by atoms with Crippen LogP contribution in [0.5, 0.6) is 0 Å². The van der Waals surface area contributed by atoms with Gasteiger partial charge in [-0.2, -0.15) is 12.1 Å². The molecule has 0 aliphatic carbocycles. The zero-order valence-electron chi connectivity index (χ0n) is 29.5. The fourth-order valence-corrected chi connectivity index (χ4v) is 11.5. The summed E-state index contributed by atoms with van der Waals surface area (Å²) < 4.78 is 0. The minimum atomic E-state index is 0. The maximum Gasteiger partial charge on any atom is 2.00 e. The Kier molecular flexibility index (Phi) is 22.9. The van der Waals surface area contributed by atoms with E-state index < -0.39 is 0 Å². The second-order valence-electron chi connectivity index (χ2n) is 12.9. The minimum Gasteiger partial charge on any atom is -0.161 e. The van der Waals surface area contributed by atoms with E-state index in [4.69, 9.17) is 0 Å². The van der Waals surface area contributed by atoms with Crippen LogP contribution in [0.15, 0.2) is 72.8 Å². The first-order valence-electron chi connectivity index (χ1n) is 18.5. The molecule has 0 saturated heterocycles. The summed E-state index contributed by atoms with van der Waals surface area (Å²) in [5.74, 6) is 0. The summed E-state index contributed by atoms with van der Waals surface area (Å²) in [5, 5.41) is 9.06. The van der Waals surface area contributed by atoms with Crippen LogP contribution >= 0.6 is 15.8 Å². The van der Waals surface area contributed by atoms with Crippen LogP contribution in [0, 0.1) is 0 Å². The third-order valence-electron chi connectivity index (χ3n) is 9.06. The van der Waals surface area contributed by atoms with Gasteiger partial charge < -0.3 is 0 Å². The van der Waals surface area contributed by atoms with Crippen molar-refractivity contribution in [1.82, 2.24) is 0 Å². The van der Waals surface area contributed by atoms with E-state index in [2.05, 4.69) is 100 Å². The van der Waals surface area contributed by atoms with Gasteiger partial charge in [0.05, 0.1) is 0 Å². The van der Waals surface area contributed by atoms with E-state index in [9.17, 15) is 0 Å². The third kappa shape index (κ3) is 15.4. The van der Waals surface area contributed by atoms with Crippen LogP contribution in [0.3, 0.4) is 0 Å². The molecule has 0 atom stereocenters. The molecular weight excluding hydrogens is 658 g/mol. The van der Waals surface area contributed by atoms with Gasteiger partial charge >= 0.3 is 26.2 Å². The largest absolute Gasteiger partial charge is 2.00 e. The fraction of sp³-hybridized carbons (Fsp3) is 0.571. The molecule has 4 aromatic carbocycles. The van der Waals surface area contributed by atoms with Crippen molar-refractivity contribution in [3.8, 4) is 0 Å². The minimum absolute atomic E-state index is 0. The standard InChI is InChI=1S/2C21H32P.Zr/c2*1-3-5-7-11-15-22(16-12-8-6-4-2)21-17-19-13-9-10-14-20(19)18-21;/h2*9-10,13-14,17-18H,3-8,11-12,15-16H2,1-2H3;/q2*-1;+2. The molecule has 0 fully saturated rings. The molecule has 0 unspecified atom stereocenters. The first kappa shape index (κ1) is 40.6.